The van der Waals surface area contributed by atoms with Crippen molar-refractivity contribution in [1.82, 2.24) is 4.90 Å². The Balaban J connectivity index is 0.000000845. The number of fused-ring (bicyclic) bond motifs is 2. The fraction of sp³-hybridized carbons (Fsp3) is 1.00. The van der Waals surface area contributed by atoms with Crippen LogP contribution in [0.3, 0.4) is 0 Å². The Kier molecular flexibility index (Phi) is 3.87. The molecule has 2 bridgehead atoms. The first-order chi connectivity index (χ1) is 5.48. The smallest absolute Gasteiger partial charge is 0.0128 e. The van der Waals surface area contributed by atoms with Crippen LogP contribution in [0.2, 0.25) is 0 Å². The number of piperidine rings is 1. The molecule has 1 saturated heterocycles. The molecule has 1 aliphatic heterocycles. The zero-order valence-electron chi connectivity index (χ0n) is 9.39. The minimum Gasteiger partial charge on any atom is -0.674 e. The van der Waals surface area contributed by atoms with E-state index < -0.39 is 0 Å². The molecule has 1 aliphatic carbocycles. The molecule has 0 amide bonds. The molecule has 0 aromatic rings. The second-order valence-corrected chi connectivity index (χ2v) is 5.31. The van der Waals surface area contributed by atoms with Gasteiger partial charge in [-0.15, -0.1) is 6.04 Å². The van der Waals surface area contributed by atoms with Crippen molar-refractivity contribution in [2.75, 3.05) is 6.54 Å². The van der Waals surface area contributed by atoms with E-state index in [1.165, 1.54) is 13.0 Å². The van der Waals surface area contributed by atoms with Crippen molar-refractivity contribution in [2.45, 2.75) is 51.2 Å². The zero-order chi connectivity index (χ0) is 8.93. The first kappa shape index (κ1) is 13.6. The molecule has 2 fully saturated rings. The zero-order valence-corrected chi connectivity index (χ0v) is 18.5. The third kappa shape index (κ3) is 1.98. The number of nitrogens with zero attached hydrogens (tertiary/aromatic N) is 1. The molecule has 0 aromatic heterocycles. The molecule has 2 rings (SSSR count). The molecule has 0 spiro atoms. The maximum absolute atomic E-state index is 7.79. The number of hydrogen-bond donors (Lipinski definition) is 0. The van der Waals surface area contributed by atoms with Crippen molar-refractivity contribution in [2.24, 2.45) is 5.92 Å². The van der Waals surface area contributed by atoms with Crippen LogP contribution in [0, 0.1) is 5.92 Å². The van der Waals surface area contributed by atoms with Crippen LogP contribution >= 0.6 is 0 Å². The van der Waals surface area contributed by atoms with E-state index in [0.717, 1.165) is 12.5 Å². The predicted octanol–water partition coefficient (Wildman–Crippen LogP) is 2.30. The largest absolute Gasteiger partial charge is 0.674 e. The van der Waals surface area contributed by atoms with E-state index >= 15 is 0 Å². The van der Waals surface area contributed by atoms with Gasteiger partial charge in [-0.05, 0) is 33.1 Å². The van der Waals surface area contributed by atoms with Crippen molar-refractivity contribution >= 4 is 0 Å². The van der Waals surface area contributed by atoms with E-state index in [4.69, 9.17) is 5.73 Å². The van der Waals surface area contributed by atoms with E-state index in [0.29, 0.717) is 11.5 Å². The molecule has 2 aliphatic rings. The average Bonchev–Trinajstić information content (AvgIpc) is 2.41. The van der Waals surface area contributed by atoms with Crippen molar-refractivity contribution in [3.63, 3.8) is 0 Å². The van der Waals surface area contributed by atoms with Crippen molar-refractivity contribution in [1.29, 1.82) is 0 Å². The number of hydrogen-bond acceptors (Lipinski definition) is 1. The Labute approximate surface area is 94.9 Å². The Bertz CT molecular complexity index is 191. The Morgan fingerprint density at radius 1 is 1.21 bits per heavy atom. The van der Waals surface area contributed by atoms with Gasteiger partial charge in [0.2, 0.25) is 0 Å². The quantitative estimate of drug-likeness (QED) is 0.409. The van der Waals surface area contributed by atoms with Crippen molar-refractivity contribution in [3.05, 3.63) is 5.73 Å². The molecule has 1 heterocycles. The third-order valence-electron chi connectivity index (χ3n) is 3.40. The van der Waals surface area contributed by atoms with Crippen LogP contribution in [0.1, 0.15) is 33.6 Å². The normalized spacial score (nSPS) is 36.4. The predicted molar refractivity (Wildman–Crippen MR) is 51.1 cm³/mol. The summed E-state index contributed by atoms with van der Waals surface area (Å²) in [7, 11) is 0. The van der Waals surface area contributed by atoms with Gasteiger partial charge in [0.25, 0.3) is 0 Å². The van der Waals surface area contributed by atoms with Gasteiger partial charge in [0.05, 0.1) is 0 Å². The van der Waals surface area contributed by atoms with Gasteiger partial charge in [-0.25, -0.2) is 0 Å². The molecule has 3 atom stereocenters. The van der Waals surface area contributed by atoms with Crippen molar-refractivity contribution in [3.8, 4) is 0 Å². The summed E-state index contributed by atoms with van der Waals surface area (Å²) in [5.41, 5.74) is 8.11. The maximum atomic E-state index is 7.79. The summed E-state index contributed by atoms with van der Waals surface area (Å²) >= 11 is 0. The van der Waals surface area contributed by atoms with Crippen LogP contribution in [-0.4, -0.2) is 29.1 Å². The summed E-state index contributed by atoms with van der Waals surface area (Å²) < 4.78 is 0. The van der Waals surface area contributed by atoms with Gasteiger partial charge in [-0.1, -0.05) is 6.42 Å². The Morgan fingerprint density at radius 3 is 2.07 bits per heavy atom. The Hall–Kier alpha value is -0.418. The monoisotopic (exact) mass is 621 g/mol. The van der Waals surface area contributed by atoms with Crippen LogP contribution in [0.25, 0.3) is 5.73 Å². The summed E-state index contributed by atoms with van der Waals surface area (Å²) in [6, 6.07) is 0.964. The third-order valence-corrected chi connectivity index (χ3v) is 3.40. The van der Waals surface area contributed by atoms with Gasteiger partial charge in [0.15, 0.2) is 0 Å². The molecule has 4 heteroatoms. The van der Waals surface area contributed by atoms with E-state index in [9.17, 15) is 0 Å². The van der Waals surface area contributed by atoms with Gasteiger partial charge in [0, 0.05) is 38.5 Å². The number of nitrogens with one attached hydrogen (secondary N) is 1. The summed E-state index contributed by atoms with van der Waals surface area (Å²) in [5, 5.41) is 0. The molecule has 3 unspecified atom stereocenters. The van der Waals surface area contributed by atoms with Gasteiger partial charge >= 0.3 is 0 Å². The SMILES string of the molecule is CC(C)(C)N1CC2CC1CC2[NH-].[Re].[Rf]. The molecule has 0 aromatic carbocycles. The van der Waals surface area contributed by atoms with Crippen LogP contribution in [0.4, 0.5) is 0 Å². The van der Waals surface area contributed by atoms with Gasteiger partial charge in [0.1, 0.15) is 0 Å². The van der Waals surface area contributed by atoms with Gasteiger partial charge in [-0.3, -0.25) is 4.90 Å². The molecule has 14 heavy (non-hydrogen) atoms. The Morgan fingerprint density at radius 2 is 1.79 bits per heavy atom. The second-order valence-electron chi connectivity index (χ2n) is 5.31. The van der Waals surface area contributed by atoms with E-state index in [1.54, 1.807) is 0 Å². The van der Waals surface area contributed by atoms with Gasteiger partial charge in [-0.2, -0.15) is 0 Å². The van der Waals surface area contributed by atoms with Crippen LogP contribution in [0.5, 0.6) is 0 Å². The van der Waals surface area contributed by atoms with Crippen LogP contribution < -0.4 is 0 Å². The summed E-state index contributed by atoms with van der Waals surface area (Å²) in [5.74, 6) is 0.675. The van der Waals surface area contributed by atoms with E-state index in [-0.39, 0.29) is 26.5 Å². The van der Waals surface area contributed by atoms with Gasteiger partial charge < -0.3 is 5.73 Å². The average molecular weight is 620 g/mol. The van der Waals surface area contributed by atoms with Crippen LogP contribution in [-0.2, 0) is 20.4 Å². The summed E-state index contributed by atoms with van der Waals surface area (Å²) in [6.07, 6.45) is 2.40. The minimum absolute atomic E-state index is 0. The molecule has 79 valence electrons. The molecular formula is C10H19N2ReRf-. The molecule has 1 N–H and O–H groups in total. The summed E-state index contributed by atoms with van der Waals surface area (Å²) in [4.78, 5) is 2.59. The summed E-state index contributed by atoms with van der Waals surface area (Å²) in [6.45, 7) is 8.02. The van der Waals surface area contributed by atoms with E-state index in [2.05, 4.69) is 25.7 Å². The standard InChI is InChI=1S/C10H19N2.Re.Rf/c1-10(2,3)12-6-7-4-8(12)5-9(7)11;;/h7-9,11H,4-6H2,1-3H3;;/q-1;;. The molecule has 2 nitrogen and oxygen atoms in total. The first-order valence-corrected chi connectivity index (χ1v) is 4.96. The molecular weight excluding hydrogens is 601 g/mol. The number of rotatable bonds is 0. The van der Waals surface area contributed by atoms with Crippen LogP contribution in [0.15, 0.2) is 0 Å². The molecule has 1 radical (unpaired) electrons. The topological polar surface area (TPSA) is 27.0 Å². The number of likely N-dealkylation sites (tertiary alicyclic amines) is 1. The fourth-order valence-electron chi connectivity index (χ4n) is 2.78. The van der Waals surface area contributed by atoms with Crippen molar-refractivity contribution < 1.29 is 20.4 Å². The van der Waals surface area contributed by atoms with E-state index in [1.807, 2.05) is 0 Å². The fourth-order valence-corrected chi connectivity index (χ4v) is 2.78. The first-order valence-electron chi connectivity index (χ1n) is 4.96. The second kappa shape index (κ2) is 3.98. The molecule has 1 saturated carbocycles. The minimum atomic E-state index is 0. The maximum Gasteiger partial charge on any atom is 0.0128 e.